The molecule has 1 aromatic carbocycles. The Kier molecular flexibility index (Phi) is 4.32. The Hall–Kier alpha value is -1.26. The van der Waals surface area contributed by atoms with Gasteiger partial charge in [-0.15, -0.1) is 0 Å². The van der Waals surface area contributed by atoms with Gasteiger partial charge in [0, 0.05) is 13.1 Å². The van der Waals surface area contributed by atoms with Gasteiger partial charge in [-0.2, -0.15) is 0 Å². The van der Waals surface area contributed by atoms with Crippen molar-refractivity contribution in [1.82, 2.24) is 9.80 Å². The summed E-state index contributed by atoms with van der Waals surface area (Å²) in [6.07, 6.45) is 2.00. The Bertz CT molecular complexity index is 470. The fraction of sp³-hybridized carbons (Fsp3) is 0.500. The third kappa shape index (κ3) is 3.01. The molecule has 0 aliphatic carbocycles. The van der Waals surface area contributed by atoms with E-state index in [0.717, 1.165) is 25.9 Å². The fourth-order valence-corrected chi connectivity index (χ4v) is 2.64. The lowest BCUT2D eigenvalue weighted by atomic mass is 10.0. The molecule has 104 valence electrons. The van der Waals surface area contributed by atoms with Gasteiger partial charge >= 0.3 is 0 Å². The van der Waals surface area contributed by atoms with Crippen LogP contribution in [0.4, 0.5) is 5.69 Å². The summed E-state index contributed by atoms with van der Waals surface area (Å²) < 4.78 is 0. The fourth-order valence-electron chi connectivity index (χ4n) is 2.46. The van der Waals surface area contributed by atoms with Crippen molar-refractivity contribution in [2.45, 2.75) is 18.9 Å². The molecule has 0 spiro atoms. The van der Waals surface area contributed by atoms with E-state index in [4.69, 9.17) is 17.3 Å². The number of para-hydroxylation sites is 1. The van der Waals surface area contributed by atoms with Gasteiger partial charge in [0.2, 0.25) is 0 Å². The van der Waals surface area contributed by atoms with Crippen molar-refractivity contribution in [3.63, 3.8) is 0 Å². The minimum atomic E-state index is -0.0467. The van der Waals surface area contributed by atoms with Crippen LogP contribution in [0.15, 0.2) is 18.2 Å². The van der Waals surface area contributed by atoms with Crippen molar-refractivity contribution in [2.24, 2.45) is 0 Å². The van der Waals surface area contributed by atoms with E-state index in [1.807, 2.05) is 7.05 Å². The van der Waals surface area contributed by atoms with Crippen LogP contribution in [0.1, 0.15) is 23.2 Å². The summed E-state index contributed by atoms with van der Waals surface area (Å²) in [5.41, 5.74) is 6.75. The highest BCUT2D eigenvalue weighted by Crippen LogP contribution is 2.25. The lowest BCUT2D eigenvalue weighted by Gasteiger charge is -2.35. The van der Waals surface area contributed by atoms with E-state index < -0.39 is 0 Å². The Balaban J connectivity index is 2.13. The van der Waals surface area contributed by atoms with Crippen molar-refractivity contribution < 1.29 is 4.79 Å². The maximum Gasteiger partial charge on any atom is 0.255 e. The standard InChI is InChI=1S/C14H20ClN3O/c1-17-8-6-10(7-9-17)18(2)14(19)11-4-3-5-12(15)13(11)16/h3-5,10H,6-9,16H2,1-2H3. The number of nitrogen functional groups attached to an aromatic ring is 1. The highest BCUT2D eigenvalue weighted by Gasteiger charge is 2.25. The molecule has 1 saturated heterocycles. The third-order valence-corrected chi connectivity index (χ3v) is 4.17. The largest absolute Gasteiger partial charge is 0.397 e. The average molecular weight is 282 g/mol. The third-order valence-electron chi connectivity index (χ3n) is 3.84. The second kappa shape index (κ2) is 5.80. The number of anilines is 1. The van der Waals surface area contributed by atoms with Crippen LogP contribution in [0.2, 0.25) is 5.02 Å². The second-order valence-electron chi connectivity index (χ2n) is 5.15. The molecular formula is C14H20ClN3O. The zero-order valence-corrected chi connectivity index (χ0v) is 12.2. The summed E-state index contributed by atoms with van der Waals surface area (Å²) in [6, 6.07) is 5.47. The number of amides is 1. The number of piperidine rings is 1. The Morgan fingerprint density at radius 1 is 1.42 bits per heavy atom. The number of carbonyl (C=O) groups is 1. The number of halogens is 1. The number of hydrogen-bond acceptors (Lipinski definition) is 3. The van der Waals surface area contributed by atoms with Crippen LogP contribution >= 0.6 is 11.6 Å². The number of nitrogens with zero attached hydrogens (tertiary/aromatic N) is 2. The number of benzene rings is 1. The van der Waals surface area contributed by atoms with Crippen LogP contribution < -0.4 is 5.73 Å². The van der Waals surface area contributed by atoms with Crippen LogP contribution in [0, 0.1) is 0 Å². The van der Waals surface area contributed by atoms with E-state index in [2.05, 4.69) is 11.9 Å². The second-order valence-corrected chi connectivity index (χ2v) is 5.56. The normalized spacial score (nSPS) is 17.4. The maximum atomic E-state index is 12.5. The van der Waals surface area contributed by atoms with Crippen molar-refractivity contribution >= 4 is 23.2 Å². The molecule has 1 heterocycles. The van der Waals surface area contributed by atoms with Crippen molar-refractivity contribution in [1.29, 1.82) is 0 Å². The summed E-state index contributed by atoms with van der Waals surface area (Å²) in [5, 5.41) is 0.433. The Labute approximate surface area is 119 Å². The molecule has 0 radical (unpaired) electrons. The minimum Gasteiger partial charge on any atom is -0.397 e. The first kappa shape index (κ1) is 14.2. The van der Waals surface area contributed by atoms with Gasteiger partial charge in [0.15, 0.2) is 0 Å². The molecule has 0 bridgehead atoms. The number of hydrogen-bond donors (Lipinski definition) is 1. The van der Waals surface area contributed by atoms with Crippen molar-refractivity contribution in [3.05, 3.63) is 28.8 Å². The van der Waals surface area contributed by atoms with Crippen molar-refractivity contribution in [2.75, 3.05) is 32.9 Å². The van der Waals surface area contributed by atoms with Crippen LogP contribution in [-0.4, -0.2) is 48.9 Å². The first-order chi connectivity index (χ1) is 9.00. The Morgan fingerprint density at radius 2 is 2.05 bits per heavy atom. The number of likely N-dealkylation sites (tertiary alicyclic amines) is 1. The number of carbonyl (C=O) groups excluding carboxylic acids is 1. The van der Waals surface area contributed by atoms with Crippen LogP contribution in [-0.2, 0) is 0 Å². The van der Waals surface area contributed by atoms with Gasteiger partial charge in [-0.05, 0) is 45.1 Å². The Morgan fingerprint density at radius 3 is 2.68 bits per heavy atom. The quantitative estimate of drug-likeness (QED) is 0.845. The first-order valence-corrected chi connectivity index (χ1v) is 6.88. The predicted octanol–water partition coefficient (Wildman–Crippen LogP) is 2.09. The van der Waals surface area contributed by atoms with E-state index >= 15 is 0 Å². The van der Waals surface area contributed by atoms with Gasteiger partial charge in [0.05, 0.1) is 16.3 Å². The molecule has 5 heteroatoms. The number of nitrogens with two attached hydrogens (primary N) is 1. The minimum absolute atomic E-state index is 0.0467. The molecule has 1 aliphatic rings. The van der Waals surface area contributed by atoms with Gasteiger partial charge < -0.3 is 15.5 Å². The maximum absolute atomic E-state index is 12.5. The van der Waals surface area contributed by atoms with Crippen LogP contribution in [0.3, 0.4) is 0 Å². The van der Waals surface area contributed by atoms with Gasteiger partial charge in [-0.3, -0.25) is 4.79 Å². The van der Waals surface area contributed by atoms with Crippen molar-refractivity contribution in [3.8, 4) is 0 Å². The smallest absolute Gasteiger partial charge is 0.255 e. The molecule has 1 aliphatic heterocycles. The molecule has 2 rings (SSSR count). The molecule has 0 aromatic heterocycles. The molecule has 0 atom stereocenters. The molecule has 2 N–H and O–H groups in total. The van der Waals surface area contributed by atoms with E-state index in [-0.39, 0.29) is 11.9 Å². The topological polar surface area (TPSA) is 49.6 Å². The monoisotopic (exact) mass is 281 g/mol. The van der Waals surface area contributed by atoms with Crippen LogP contribution in [0.5, 0.6) is 0 Å². The SMILES string of the molecule is CN1CCC(N(C)C(=O)c2cccc(Cl)c2N)CC1. The molecule has 1 aromatic rings. The predicted molar refractivity (Wildman–Crippen MR) is 78.5 cm³/mol. The highest BCUT2D eigenvalue weighted by molar-refractivity contribution is 6.33. The summed E-state index contributed by atoms with van der Waals surface area (Å²) in [5.74, 6) is -0.0467. The lowest BCUT2D eigenvalue weighted by Crippen LogP contribution is -2.44. The molecule has 1 fully saturated rings. The molecule has 0 unspecified atom stereocenters. The average Bonchev–Trinajstić information content (AvgIpc) is 2.41. The van der Waals surface area contributed by atoms with Gasteiger partial charge in [0.25, 0.3) is 5.91 Å². The van der Waals surface area contributed by atoms with Gasteiger partial charge in [0.1, 0.15) is 0 Å². The first-order valence-electron chi connectivity index (χ1n) is 6.50. The molecule has 19 heavy (non-hydrogen) atoms. The molecular weight excluding hydrogens is 262 g/mol. The van der Waals surface area contributed by atoms with E-state index in [1.165, 1.54) is 0 Å². The summed E-state index contributed by atoms with van der Waals surface area (Å²) in [6.45, 7) is 2.04. The summed E-state index contributed by atoms with van der Waals surface area (Å²) in [4.78, 5) is 16.6. The van der Waals surface area contributed by atoms with E-state index in [9.17, 15) is 4.79 Å². The lowest BCUT2D eigenvalue weighted by molar-refractivity contribution is 0.0660. The van der Waals surface area contributed by atoms with E-state index in [1.54, 1.807) is 23.1 Å². The number of rotatable bonds is 2. The van der Waals surface area contributed by atoms with Gasteiger partial charge in [-0.25, -0.2) is 0 Å². The van der Waals surface area contributed by atoms with Crippen LogP contribution in [0.25, 0.3) is 0 Å². The summed E-state index contributed by atoms with van der Waals surface area (Å²) >= 11 is 5.97. The molecule has 1 amide bonds. The summed E-state index contributed by atoms with van der Waals surface area (Å²) in [7, 11) is 3.95. The van der Waals surface area contributed by atoms with E-state index in [0.29, 0.717) is 16.3 Å². The zero-order chi connectivity index (χ0) is 14.0. The van der Waals surface area contributed by atoms with Gasteiger partial charge in [-0.1, -0.05) is 17.7 Å². The highest BCUT2D eigenvalue weighted by atomic mass is 35.5. The zero-order valence-electron chi connectivity index (χ0n) is 11.4. The molecule has 4 nitrogen and oxygen atoms in total. The molecule has 0 saturated carbocycles.